The van der Waals surface area contributed by atoms with E-state index in [4.69, 9.17) is 27.6 Å². The summed E-state index contributed by atoms with van der Waals surface area (Å²) < 4.78 is 8.67. The van der Waals surface area contributed by atoms with E-state index in [1.165, 1.54) is 10.9 Å². The zero-order valence-electron chi connectivity index (χ0n) is 15.7. The second kappa shape index (κ2) is 6.16. The molecule has 0 saturated carbocycles. The minimum Gasteiger partial charge on any atom is -0.460 e. The van der Waals surface area contributed by atoms with E-state index < -0.39 is 0 Å². The van der Waals surface area contributed by atoms with Crippen LogP contribution in [-0.2, 0) is 6.42 Å². The molecule has 0 bridgehead atoms. The van der Waals surface area contributed by atoms with Crippen LogP contribution in [-0.4, -0.2) is 4.57 Å². The number of allylic oxidation sites excluding steroid dienone is 1. The Morgan fingerprint density at radius 2 is 1.72 bits per heavy atom. The summed E-state index contributed by atoms with van der Waals surface area (Å²) in [5.41, 5.74) is 5.29. The molecular formula is C25H17Cl2NO. The van der Waals surface area contributed by atoms with Crippen molar-refractivity contribution in [2.45, 2.75) is 13.3 Å². The standard InChI is InChI=1S/C25H17Cl2NO/c1-14-6-7-18-19-8-9-22-24(25(19)29-23(18)10-14)20-4-2-3-5-21(20)28(22)17-12-15(26)11-16(27)13-17/h2-9,11-14H,10H2,1H3/t14-/m0/s1. The Morgan fingerprint density at radius 3 is 2.55 bits per heavy atom. The Labute approximate surface area is 177 Å². The van der Waals surface area contributed by atoms with Gasteiger partial charge in [0.25, 0.3) is 0 Å². The summed E-state index contributed by atoms with van der Waals surface area (Å²) in [6.07, 6.45) is 5.40. The van der Waals surface area contributed by atoms with Crippen molar-refractivity contribution in [2.75, 3.05) is 0 Å². The third-order valence-corrected chi connectivity index (χ3v) is 6.25. The van der Waals surface area contributed by atoms with E-state index in [-0.39, 0.29) is 0 Å². The fraction of sp³-hybridized carbons (Fsp3) is 0.120. The van der Waals surface area contributed by atoms with Crippen LogP contribution in [0.15, 0.2) is 65.1 Å². The van der Waals surface area contributed by atoms with E-state index in [1.54, 1.807) is 6.07 Å². The Balaban J connectivity index is 1.78. The molecule has 4 heteroatoms. The maximum atomic E-state index is 6.46. The van der Waals surface area contributed by atoms with Crippen molar-refractivity contribution in [1.82, 2.24) is 4.57 Å². The van der Waals surface area contributed by atoms with Gasteiger partial charge in [-0.3, -0.25) is 0 Å². The van der Waals surface area contributed by atoms with Crippen molar-refractivity contribution < 1.29 is 4.42 Å². The molecule has 0 fully saturated rings. The van der Waals surface area contributed by atoms with Crippen LogP contribution in [0.1, 0.15) is 18.2 Å². The quantitative estimate of drug-likeness (QED) is 0.269. The smallest absolute Gasteiger partial charge is 0.144 e. The van der Waals surface area contributed by atoms with Crippen molar-refractivity contribution in [1.29, 1.82) is 0 Å². The van der Waals surface area contributed by atoms with Gasteiger partial charge >= 0.3 is 0 Å². The summed E-state index contributed by atoms with van der Waals surface area (Å²) >= 11 is 12.6. The molecule has 1 aliphatic carbocycles. The fourth-order valence-corrected chi connectivity index (χ4v) is 5.09. The predicted octanol–water partition coefficient (Wildman–Crippen LogP) is 8.04. The van der Waals surface area contributed by atoms with E-state index in [0.29, 0.717) is 16.0 Å². The van der Waals surface area contributed by atoms with Crippen LogP contribution in [0, 0.1) is 5.92 Å². The summed E-state index contributed by atoms with van der Waals surface area (Å²) in [6, 6.07) is 18.4. The van der Waals surface area contributed by atoms with Crippen molar-refractivity contribution >= 4 is 62.1 Å². The first-order valence-corrected chi connectivity index (χ1v) is 10.5. The van der Waals surface area contributed by atoms with Gasteiger partial charge in [-0.15, -0.1) is 0 Å². The fourth-order valence-electron chi connectivity index (χ4n) is 4.58. The largest absolute Gasteiger partial charge is 0.460 e. The Kier molecular flexibility index (Phi) is 3.65. The van der Waals surface area contributed by atoms with Crippen LogP contribution >= 0.6 is 23.2 Å². The van der Waals surface area contributed by atoms with Gasteiger partial charge in [-0.1, -0.05) is 60.5 Å². The number of furan rings is 1. The third-order valence-electron chi connectivity index (χ3n) is 5.81. The maximum Gasteiger partial charge on any atom is 0.144 e. The summed E-state index contributed by atoms with van der Waals surface area (Å²) in [5, 5.41) is 4.69. The van der Waals surface area contributed by atoms with E-state index >= 15 is 0 Å². The summed E-state index contributed by atoms with van der Waals surface area (Å²) in [5.74, 6) is 1.57. The van der Waals surface area contributed by atoms with Crippen LogP contribution in [0.5, 0.6) is 0 Å². The van der Waals surface area contributed by atoms with Crippen LogP contribution < -0.4 is 0 Å². The van der Waals surface area contributed by atoms with Crippen LogP contribution in [0.3, 0.4) is 0 Å². The molecule has 29 heavy (non-hydrogen) atoms. The highest BCUT2D eigenvalue weighted by Crippen LogP contribution is 2.41. The average molecular weight is 418 g/mol. The average Bonchev–Trinajstić information content (AvgIpc) is 3.21. The van der Waals surface area contributed by atoms with Gasteiger partial charge in [-0.2, -0.15) is 0 Å². The third kappa shape index (κ3) is 2.49. The van der Waals surface area contributed by atoms with E-state index in [9.17, 15) is 0 Å². The van der Waals surface area contributed by atoms with E-state index in [0.717, 1.165) is 45.3 Å². The molecule has 0 amide bonds. The Morgan fingerprint density at radius 1 is 0.931 bits per heavy atom. The second-order valence-corrected chi connectivity index (χ2v) is 8.67. The monoisotopic (exact) mass is 417 g/mol. The number of hydrogen-bond acceptors (Lipinski definition) is 1. The number of halogens is 2. The molecule has 6 rings (SSSR count). The minimum absolute atomic E-state index is 0.494. The second-order valence-electron chi connectivity index (χ2n) is 7.80. The summed E-state index contributed by atoms with van der Waals surface area (Å²) in [6.45, 7) is 2.22. The van der Waals surface area contributed by atoms with Crippen LogP contribution in [0.4, 0.5) is 0 Å². The van der Waals surface area contributed by atoms with Gasteiger partial charge in [-0.05, 0) is 42.3 Å². The first-order valence-electron chi connectivity index (χ1n) is 9.72. The topological polar surface area (TPSA) is 18.1 Å². The normalized spacial score (nSPS) is 16.2. The molecule has 2 heterocycles. The maximum absolute atomic E-state index is 6.46. The number of nitrogens with zero attached hydrogens (tertiary/aromatic N) is 1. The number of aromatic nitrogens is 1. The number of benzene rings is 3. The number of rotatable bonds is 1. The van der Waals surface area contributed by atoms with Crippen molar-refractivity contribution in [3.05, 3.63) is 82.0 Å². The van der Waals surface area contributed by atoms with Crippen LogP contribution in [0.2, 0.25) is 10.0 Å². The van der Waals surface area contributed by atoms with Gasteiger partial charge in [-0.25, -0.2) is 0 Å². The highest BCUT2D eigenvalue weighted by Gasteiger charge is 2.22. The predicted molar refractivity (Wildman–Crippen MR) is 122 cm³/mol. The number of para-hydroxylation sites is 1. The molecule has 2 nitrogen and oxygen atoms in total. The lowest BCUT2D eigenvalue weighted by Gasteiger charge is -2.09. The van der Waals surface area contributed by atoms with E-state index in [2.05, 4.69) is 60.0 Å². The van der Waals surface area contributed by atoms with Gasteiger partial charge in [0.05, 0.1) is 16.4 Å². The molecule has 0 saturated heterocycles. The van der Waals surface area contributed by atoms with Crippen molar-refractivity contribution in [3.63, 3.8) is 0 Å². The Bertz CT molecular complexity index is 1450. The van der Waals surface area contributed by atoms with Gasteiger partial charge in [0.2, 0.25) is 0 Å². The molecule has 0 aliphatic heterocycles. The zero-order chi connectivity index (χ0) is 19.7. The molecule has 0 radical (unpaired) electrons. The molecular weight excluding hydrogens is 401 g/mol. The lowest BCUT2D eigenvalue weighted by atomic mass is 9.95. The minimum atomic E-state index is 0.494. The molecule has 0 unspecified atom stereocenters. The van der Waals surface area contributed by atoms with Gasteiger partial charge < -0.3 is 8.98 Å². The lowest BCUT2D eigenvalue weighted by Crippen LogP contribution is -2.00. The lowest BCUT2D eigenvalue weighted by molar-refractivity contribution is 0.515. The molecule has 5 aromatic rings. The Hall–Kier alpha value is -2.68. The summed E-state index contributed by atoms with van der Waals surface area (Å²) in [7, 11) is 0. The highest BCUT2D eigenvalue weighted by atomic mass is 35.5. The molecule has 0 N–H and O–H groups in total. The number of hydrogen-bond donors (Lipinski definition) is 0. The summed E-state index contributed by atoms with van der Waals surface area (Å²) in [4.78, 5) is 0. The molecule has 2 aromatic heterocycles. The van der Waals surface area contributed by atoms with Crippen molar-refractivity contribution in [3.8, 4) is 5.69 Å². The van der Waals surface area contributed by atoms with Crippen molar-refractivity contribution in [2.24, 2.45) is 5.92 Å². The first-order chi connectivity index (χ1) is 14.1. The highest BCUT2D eigenvalue weighted by molar-refractivity contribution is 6.35. The molecule has 3 aromatic carbocycles. The molecule has 1 atom stereocenters. The SMILES string of the molecule is C[C@H]1C=Cc2c(oc3c2ccc2c3c3ccccc3n2-c2cc(Cl)cc(Cl)c2)C1. The molecule has 0 spiro atoms. The van der Waals surface area contributed by atoms with Gasteiger partial charge in [0, 0.05) is 38.5 Å². The van der Waals surface area contributed by atoms with E-state index in [1.807, 2.05) is 12.1 Å². The van der Waals surface area contributed by atoms with Gasteiger partial charge in [0.1, 0.15) is 11.3 Å². The molecule has 1 aliphatic rings. The number of fused-ring (bicyclic) bond motifs is 7. The van der Waals surface area contributed by atoms with Crippen LogP contribution in [0.25, 0.3) is 44.5 Å². The van der Waals surface area contributed by atoms with Gasteiger partial charge in [0.15, 0.2) is 0 Å². The molecule has 142 valence electrons. The first kappa shape index (κ1) is 17.2. The zero-order valence-corrected chi connectivity index (χ0v) is 17.3.